The Hall–Kier alpha value is -7.43. The van der Waals surface area contributed by atoms with E-state index in [1.165, 1.54) is 33.4 Å². The van der Waals surface area contributed by atoms with E-state index < -0.39 is 0 Å². The first kappa shape index (κ1) is 33.9. The Bertz CT molecular complexity index is 3200. The van der Waals surface area contributed by atoms with Gasteiger partial charge < -0.3 is 4.42 Å². The predicted octanol–water partition coefficient (Wildman–Crippen LogP) is 14.1. The predicted molar refractivity (Wildman–Crippen MR) is 237 cm³/mol. The van der Waals surface area contributed by atoms with E-state index in [-0.39, 0.29) is 5.41 Å². The molecule has 8 aromatic carbocycles. The van der Waals surface area contributed by atoms with Crippen molar-refractivity contribution in [1.29, 1.82) is 0 Å². The summed E-state index contributed by atoms with van der Waals surface area (Å²) in [6, 6.07) is 66.1. The van der Waals surface area contributed by atoms with Crippen LogP contribution in [0.5, 0.6) is 0 Å². The Morgan fingerprint density at radius 1 is 0.345 bits per heavy atom. The van der Waals surface area contributed by atoms with Crippen LogP contribution in [0.15, 0.2) is 192 Å². The van der Waals surface area contributed by atoms with Gasteiger partial charge in [-0.05, 0) is 92.0 Å². The maximum absolute atomic E-state index is 6.49. The lowest BCUT2D eigenvalue weighted by Crippen LogP contribution is -2.14. The van der Waals surface area contributed by atoms with Crippen molar-refractivity contribution in [2.75, 3.05) is 0 Å². The van der Waals surface area contributed by atoms with Crippen LogP contribution in [0.3, 0.4) is 0 Å². The third-order valence-corrected chi connectivity index (χ3v) is 11.7. The maximum Gasteiger partial charge on any atom is 0.164 e. The van der Waals surface area contributed by atoms with Gasteiger partial charge in [-0.25, -0.2) is 15.0 Å². The van der Waals surface area contributed by atoms with Crippen LogP contribution < -0.4 is 0 Å². The third-order valence-electron chi connectivity index (χ3n) is 11.7. The molecule has 0 N–H and O–H groups in total. The van der Waals surface area contributed by atoms with Gasteiger partial charge in [0.2, 0.25) is 0 Å². The van der Waals surface area contributed by atoms with Crippen LogP contribution in [0.25, 0.3) is 101 Å². The Morgan fingerprint density at radius 2 is 0.845 bits per heavy atom. The van der Waals surface area contributed by atoms with Gasteiger partial charge in [0, 0.05) is 32.9 Å². The van der Waals surface area contributed by atoms with Gasteiger partial charge in [0.1, 0.15) is 11.2 Å². The molecule has 0 bridgehead atoms. The number of aromatic nitrogens is 3. The molecule has 4 heteroatoms. The van der Waals surface area contributed by atoms with Crippen molar-refractivity contribution < 1.29 is 4.42 Å². The number of rotatable bonds is 6. The van der Waals surface area contributed by atoms with Crippen LogP contribution in [-0.2, 0) is 5.41 Å². The highest BCUT2D eigenvalue weighted by molar-refractivity contribution is 6.13. The number of hydrogen-bond acceptors (Lipinski definition) is 4. The molecule has 11 rings (SSSR count). The standard InChI is InChI=1S/C54H37N3O/c1-54(2)46-24-10-9-22-43(46)45-32-39(27-29-47(45)54)37-19-11-18-36(30-37)38-20-12-21-40(31-38)52-55-51(35-16-7-4-8-17-35)56-53(57-52)41-26-28-44-49(33-41)58-48-25-13-23-42(50(44)48)34-14-5-3-6-15-34/h3-33H,1-2H3. The SMILES string of the molecule is CC1(C)c2ccccc2-c2cc(-c3cccc(-c4cccc(-c5nc(-c6ccccc6)nc(-c6ccc7c(c6)oc6cccc(-c8ccccc8)c67)n5)c4)c3)ccc21. The second kappa shape index (κ2) is 13.4. The van der Waals surface area contributed by atoms with Crippen molar-refractivity contribution in [3.05, 3.63) is 199 Å². The zero-order chi connectivity index (χ0) is 38.8. The van der Waals surface area contributed by atoms with Gasteiger partial charge in [-0.1, -0.05) is 166 Å². The van der Waals surface area contributed by atoms with Gasteiger partial charge in [-0.3, -0.25) is 0 Å². The summed E-state index contributed by atoms with van der Waals surface area (Å²) < 4.78 is 6.49. The second-order valence-corrected chi connectivity index (χ2v) is 15.6. The van der Waals surface area contributed by atoms with E-state index in [1.807, 2.05) is 42.5 Å². The zero-order valence-corrected chi connectivity index (χ0v) is 32.1. The number of benzene rings is 8. The van der Waals surface area contributed by atoms with Gasteiger partial charge in [-0.15, -0.1) is 0 Å². The third kappa shape index (κ3) is 5.64. The van der Waals surface area contributed by atoms with Crippen molar-refractivity contribution in [3.8, 4) is 78.7 Å². The molecule has 0 radical (unpaired) electrons. The lowest BCUT2D eigenvalue weighted by molar-refractivity contribution is 0.660. The van der Waals surface area contributed by atoms with Crippen molar-refractivity contribution in [2.45, 2.75) is 19.3 Å². The summed E-state index contributed by atoms with van der Waals surface area (Å²) in [5, 5.41) is 2.15. The first-order valence-corrected chi connectivity index (χ1v) is 19.8. The van der Waals surface area contributed by atoms with E-state index in [1.54, 1.807) is 0 Å². The van der Waals surface area contributed by atoms with E-state index in [2.05, 4.69) is 159 Å². The normalized spacial score (nSPS) is 12.8. The maximum atomic E-state index is 6.49. The molecule has 2 aromatic heterocycles. The van der Waals surface area contributed by atoms with E-state index >= 15 is 0 Å². The van der Waals surface area contributed by atoms with Crippen LogP contribution in [-0.4, -0.2) is 15.0 Å². The number of hydrogen-bond donors (Lipinski definition) is 0. The zero-order valence-electron chi connectivity index (χ0n) is 32.1. The molecule has 0 fully saturated rings. The fourth-order valence-electron chi connectivity index (χ4n) is 8.79. The summed E-state index contributed by atoms with van der Waals surface area (Å²) in [7, 11) is 0. The summed E-state index contributed by atoms with van der Waals surface area (Å²) in [6.07, 6.45) is 0. The number of fused-ring (bicyclic) bond motifs is 6. The Morgan fingerprint density at radius 3 is 1.57 bits per heavy atom. The molecule has 58 heavy (non-hydrogen) atoms. The van der Waals surface area contributed by atoms with Crippen molar-refractivity contribution in [1.82, 2.24) is 15.0 Å². The Kier molecular flexibility index (Phi) is 7.80. The molecule has 1 aliphatic rings. The molecule has 0 aliphatic heterocycles. The summed E-state index contributed by atoms with van der Waals surface area (Å²) in [5.41, 5.74) is 16.6. The minimum absolute atomic E-state index is 0.0191. The van der Waals surface area contributed by atoms with Gasteiger partial charge in [-0.2, -0.15) is 0 Å². The van der Waals surface area contributed by atoms with E-state index in [0.717, 1.165) is 60.9 Å². The van der Waals surface area contributed by atoms with Gasteiger partial charge in [0.05, 0.1) is 0 Å². The van der Waals surface area contributed by atoms with Crippen molar-refractivity contribution in [3.63, 3.8) is 0 Å². The average molecular weight is 744 g/mol. The quantitative estimate of drug-likeness (QED) is 0.170. The van der Waals surface area contributed by atoms with Crippen LogP contribution in [0.4, 0.5) is 0 Å². The van der Waals surface area contributed by atoms with E-state index in [4.69, 9.17) is 19.4 Å². The first-order chi connectivity index (χ1) is 28.5. The molecule has 4 nitrogen and oxygen atoms in total. The highest BCUT2D eigenvalue weighted by Gasteiger charge is 2.35. The first-order valence-electron chi connectivity index (χ1n) is 19.8. The van der Waals surface area contributed by atoms with E-state index in [9.17, 15) is 0 Å². The van der Waals surface area contributed by atoms with Gasteiger partial charge >= 0.3 is 0 Å². The molecular formula is C54H37N3O. The fraction of sp³-hybridized carbons (Fsp3) is 0.0556. The van der Waals surface area contributed by atoms with Crippen LogP contribution in [0.2, 0.25) is 0 Å². The molecule has 0 saturated heterocycles. The molecule has 2 heterocycles. The lowest BCUT2D eigenvalue weighted by atomic mass is 9.82. The molecule has 274 valence electrons. The summed E-state index contributed by atoms with van der Waals surface area (Å²) >= 11 is 0. The van der Waals surface area contributed by atoms with Crippen LogP contribution in [0, 0.1) is 0 Å². The molecule has 0 unspecified atom stereocenters. The van der Waals surface area contributed by atoms with Gasteiger partial charge in [0.25, 0.3) is 0 Å². The minimum atomic E-state index is -0.0191. The smallest absolute Gasteiger partial charge is 0.164 e. The highest BCUT2D eigenvalue weighted by Crippen LogP contribution is 2.49. The minimum Gasteiger partial charge on any atom is -0.456 e. The Balaban J connectivity index is 0.987. The highest BCUT2D eigenvalue weighted by atomic mass is 16.3. The summed E-state index contributed by atoms with van der Waals surface area (Å²) in [4.78, 5) is 15.2. The largest absolute Gasteiger partial charge is 0.456 e. The topological polar surface area (TPSA) is 51.8 Å². The lowest BCUT2D eigenvalue weighted by Gasteiger charge is -2.21. The second-order valence-electron chi connectivity index (χ2n) is 15.6. The monoisotopic (exact) mass is 743 g/mol. The average Bonchev–Trinajstić information content (AvgIpc) is 3.78. The van der Waals surface area contributed by atoms with E-state index in [0.29, 0.717) is 17.5 Å². The molecule has 1 aliphatic carbocycles. The molecule has 0 saturated carbocycles. The number of furan rings is 1. The molecule has 0 atom stereocenters. The fourth-order valence-corrected chi connectivity index (χ4v) is 8.79. The number of nitrogens with zero attached hydrogens (tertiary/aromatic N) is 3. The Labute approximate surface area is 337 Å². The molecule has 0 spiro atoms. The van der Waals surface area contributed by atoms with Crippen LogP contribution >= 0.6 is 0 Å². The van der Waals surface area contributed by atoms with Crippen molar-refractivity contribution in [2.24, 2.45) is 0 Å². The van der Waals surface area contributed by atoms with Crippen LogP contribution in [0.1, 0.15) is 25.0 Å². The molecule has 10 aromatic rings. The van der Waals surface area contributed by atoms with Crippen molar-refractivity contribution >= 4 is 21.9 Å². The van der Waals surface area contributed by atoms with Gasteiger partial charge in [0.15, 0.2) is 17.5 Å². The summed E-state index contributed by atoms with van der Waals surface area (Å²) in [6.45, 7) is 4.65. The molecule has 0 amide bonds. The molecular weight excluding hydrogens is 707 g/mol. The summed E-state index contributed by atoms with van der Waals surface area (Å²) in [5.74, 6) is 1.81.